The predicted molar refractivity (Wildman–Crippen MR) is 86.2 cm³/mol. The van der Waals surface area contributed by atoms with E-state index in [-0.39, 0.29) is 11.4 Å². The van der Waals surface area contributed by atoms with E-state index in [1.165, 1.54) is 0 Å². The van der Waals surface area contributed by atoms with Gasteiger partial charge in [-0.1, -0.05) is 6.07 Å². The molecule has 0 saturated carbocycles. The first-order valence-electron chi connectivity index (χ1n) is 6.88. The second kappa shape index (κ2) is 5.89. The van der Waals surface area contributed by atoms with Gasteiger partial charge in [0.15, 0.2) is 4.77 Å². The molecule has 1 aromatic carbocycles. The molecule has 1 heterocycles. The van der Waals surface area contributed by atoms with Gasteiger partial charge in [0.2, 0.25) is 5.91 Å². The van der Waals surface area contributed by atoms with Crippen LogP contribution in [0.1, 0.15) is 27.2 Å². The quantitative estimate of drug-likeness (QED) is 0.854. The van der Waals surface area contributed by atoms with Crippen molar-refractivity contribution in [3.8, 4) is 5.75 Å². The van der Waals surface area contributed by atoms with Crippen molar-refractivity contribution in [1.29, 1.82) is 0 Å². The van der Waals surface area contributed by atoms with Crippen LogP contribution in [0.25, 0.3) is 11.0 Å². The van der Waals surface area contributed by atoms with Gasteiger partial charge in [-0.25, -0.2) is 0 Å². The van der Waals surface area contributed by atoms with Gasteiger partial charge in [-0.2, -0.15) is 0 Å². The van der Waals surface area contributed by atoms with Gasteiger partial charge in [0.1, 0.15) is 11.3 Å². The highest BCUT2D eigenvalue weighted by Gasteiger charge is 2.14. The van der Waals surface area contributed by atoms with E-state index in [2.05, 4.69) is 10.3 Å². The fourth-order valence-corrected chi connectivity index (χ4v) is 2.53. The second-order valence-corrected chi connectivity index (χ2v) is 6.37. The summed E-state index contributed by atoms with van der Waals surface area (Å²) < 4.78 is 7.84. The molecule has 6 heteroatoms. The van der Waals surface area contributed by atoms with Crippen molar-refractivity contribution in [3.05, 3.63) is 23.0 Å². The van der Waals surface area contributed by atoms with Gasteiger partial charge in [-0.05, 0) is 45.1 Å². The van der Waals surface area contributed by atoms with Crippen LogP contribution in [-0.4, -0.2) is 28.1 Å². The number of fused-ring (bicyclic) bond motifs is 1. The minimum Gasteiger partial charge on any atom is -0.494 e. The van der Waals surface area contributed by atoms with Crippen molar-refractivity contribution < 1.29 is 9.53 Å². The number of aryl methyl sites for hydroxylation is 1. The molecule has 2 rings (SSSR count). The Hall–Kier alpha value is -1.82. The number of rotatable bonds is 4. The van der Waals surface area contributed by atoms with Gasteiger partial charge in [0.05, 0.1) is 12.6 Å². The van der Waals surface area contributed by atoms with Gasteiger partial charge >= 0.3 is 0 Å². The first-order chi connectivity index (χ1) is 9.81. The SMILES string of the molecule is COc1cccc2c1[nH]c(=S)n2CCC(=O)NC(C)(C)C. The van der Waals surface area contributed by atoms with E-state index in [1.807, 2.05) is 43.5 Å². The number of ether oxygens (including phenoxy) is 1. The zero-order chi connectivity index (χ0) is 15.6. The summed E-state index contributed by atoms with van der Waals surface area (Å²) in [5.41, 5.74) is 1.59. The standard InChI is InChI=1S/C15H21N3O2S/c1-15(2,3)17-12(19)8-9-18-10-6-5-7-11(20-4)13(10)16-14(18)21/h5-7H,8-9H2,1-4H3,(H,16,21)(H,17,19). The van der Waals surface area contributed by atoms with Gasteiger partial charge < -0.3 is 19.6 Å². The number of benzene rings is 1. The number of nitrogens with zero attached hydrogens (tertiary/aromatic N) is 1. The molecular weight excluding hydrogens is 286 g/mol. The van der Waals surface area contributed by atoms with Crippen LogP contribution in [0.4, 0.5) is 0 Å². The Morgan fingerprint density at radius 3 is 2.76 bits per heavy atom. The summed E-state index contributed by atoms with van der Waals surface area (Å²) in [5, 5.41) is 2.95. The average molecular weight is 307 g/mol. The Balaban J connectivity index is 2.22. The Kier molecular flexibility index (Phi) is 4.37. The highest BCUT2D eigenvalue weighted by molar-refractivity contribution is 7.71. The number of nitrogens with one attached hydrogen (secondary N) is 2. The molecule has 0 bridgehead atoms. The number of amides is 1. The molecule has 114 valence electrons. The smallest absolute Gasteiger partial charge is 0.222 e. The van der Waals surface area contributed by atoms with Crippen LogP contribution in [0.15, 0.2) is 18.2 Å². The largest absolute Gasteiger partial charge is 0.494 e. The number of carbonyl (C=O) groups is 1. The minimum atomic E-state index is -0.220. The number of imidazole rings is 1. The molecule has 5 nitrogen and oxygen atoms in total. The molecule has 0 radical (unpaired) electrons. The normalized spacial score (nSPS) is 11.6. The van der Waals surface area contributed by atoms with Crippen molar-refractivity contribution in [2.45, 2.75) is 39.3 Å². The predicted octanol–water partition coefficient (Wildman–Crippen LogP) is 3.01. The Morgan fingerprint density at radius 1 is 1.43 bits per heavy atom. The third-order valence-corrected chi connectivity index (χ3v) is 3.39. The summed E-state index contributed by atoms with van der Waals surface area (Å²) in [6.45, 7) is 6.43. The molecule has 0 aliphatic heterocycles. The van der Waals surface area contributed by atoms with E-state index in [0.29, 0.717) is 17.7 Å². The number of carbonyl (C=O) groups excluding carboxylic acids is 1. The van der Waals surface area contributed by atoms with E-state index < -0.39 is 0 Å². The molecule has 0 saturated heterocycles. The van der Waals surface area contributed by atoms with E-state index in [0.717, 1.165) is 16.8 Å². The van der Waals surface area contributed by atoms with E-state index in [9.17, 15) is 4.79 Å². The van der Waals surface area contributed by atoms with E-state index >= 15 is 0 Å². The lowest BCUT2D eigenvalue weighted by molar-refractivity contribution is -0.122. The zero-order valence-corrected chi connectivity index (χ0v) is 13.6. The molecule has 0 spiro atoms. The summed E-state index contributed by atoms with van der Waals surface area (Å²) in [6.07, 6.45) is 0.385. The highest BCUT2D eigenvalue weighted by atomic mass is 32.1. The van der Waals surface area contributed by atoms with Crippen molar-refractivity contribution in [2.24, 2.45) is 0 Å². The maximum atomic E-state index is 11.9. The summed E-state index contributed by atoms with van der Waals surface area (Å²) in [4.78, 5) is 15.1. The number of hydrogen-bond donors (Lipinski definition) is 2. The first-order valence-corrected chi connectivity index (χ1v) is 7.29. The lowest BCUT2D eigenvalue weighted by Gasteiger charge is -2.20. The summed E-state index contributed by atoms with van der Waals surface area (Å²) in [7, 11) is 1.62. The summed E-state index contributed by atoms with van der Waals surface area (Å²) >= 11 is 5.34. The first kappa shape index (κ1) is 15.6. The number of para-hydroxylation sites is 1. The molecule has 1 aromatic heterocycles. The Labute approximate surface area is 129 Å². The Bertz CT molecular complexity index is 710. The number of hydrogen-bond acceptors (Lipinski definition) is 3. The maximum Gasteiger partial charge on any atom is 0.222 e. The van der Waals surface area contributed by atoms with Crippen molar-refractivity contribution in [1.82, 2.24) is 14.9 Å². The number of aromatic amines is 1. The Morgan fingerprint density at radius 2 is 2.14 bits per heavy atom. The molecule has 1 amide bonds. The van der Waals surface area contributed by atoms with Gasteiger partial charge in [-0.3, -0.25) is 4.79 Å². The average Bonchev–Trinajstić information content (AvgIpc) is 2.69. The number of aromatic nitrogens is 2. The van der Waals surface area contributed by atoms with Crippen LogP contribution < -0.4 is 10.1 Å². The summed E-state index contributed by atoms with van der Waals surface area (Å²) in [6, 6.07) is 5.76. The topological polar surface area (TPSA) is 59.0 Å². The highest BCUT2D eigenvalue weighted by Crippen LogP contribution is 2.24. The van der Waals surface area contributed by atoms with Crippen LogP contribution in [-0.2, 0) is 11.3 Å². The van der Waals surface area contributed by atoms with Gasteiger partial charge in [-0.15, -0.1) is 0 Å². The van der Waals surface area contributed by atoms with E-state index in [4.69, 9.17) is 17.0 Å². The third kappa shape index (κ3) is 3.64. The molecule has 0 unspecified atom stereocenters. The second-order valence-electron chi connectivity index (χ2n) is 5.98. The van der Waals surface area contributed by atoms with Crippen LogP contribution in [0, 0.1) is 4.77 Å². The van der Waals surface area contributed by atoms with Crippen LogP contribution in [0.3, 0.4) is 0 Å². The third-order valence-electron chi connectivity index (χ3n) is 3.07. The number of H-pyrrole nitrogens is 1. The molecule has 2 N–H and O–H groups in total. The molecule has 0 atom stereocenters. The fourth-order valence-electron chi connectivity index (χ4n) is 2.24. The monoisotopic (exact) mass is 307 g/mol. The van der Waals surface area contributed by atoms with Crippen molar-refractivity contribution >= 4 is 29.2 Å². The van der Waals surface area contributed by atoms with Gasteiger partial charge in [0.25, 0.3) is 0 Å². The van der Waals surface area contributed by atoms with Crippen LogP contribution >= 0.6 is 12.2 Å². The minimum absolute atomic E-state index is 0.0154. The van der Waals surface area contributed by atoms with Crippen molar-refractivity contribution in [2.75, 3.05) is 7.11 Å². The van der Waals surface area contributed by atoms with Crippen molar-refractivity contribution in [3.63, 3.8) is 0 Å². The van der Waals surface area contributed by atoms with Crippen LogP contribution in [0.2, 0.25) is 0 Å². The molecule has 0 fully saturated rings. The van der Waals surface area contributed by atoms with Gasteiger partial charge in [0, 0.05) is 18.5 Å². The number of methoxy groups -OCH3 is 1. The maximum absolute atomic E-state index is 11.9. The lowest BCUT2D eigenvalue weighted by Crippen LogP contribution is -2.40. The molecule has 0 aliphatic carbocycles. The zero-order valence-electron chi connectivity index (χ0n) is 12.8. The van der Waals surface area contributed by atoms with E-state index in [1.54, 1.807) is 7.11 Å². The molecule has 21 heavy (non-hydrogen) atoms. The fraction of sp³-hybridized carbons (Fsp3) is 0.467. The van der Waals surface area contributed by atoms with Crippen LogP contribution in [0.5, 0.6) is 5.75 Å². The molecule has 2 aromatic rings. The molecular formula is C15H21N3O2S. The molecule has 0 aliphatic rings. The summed E-state index contributed by atoms with van der Waals surface area (Å²) in [5.74, 6) is 0.762. The lowest BCUT2D eigenvalue weighted by atomic mass is 10.1.